The van der Waals surface area contributed by atoms with Crippen LogP contribution in [-0.2, 0) is 6.18 Å². The molecule has 0 saturated heterocycles. The largest absolute Gasteiger partial charge is 0.416 e. The molecule has 0 atom stereocenters. The Morgan fingerprint density at radius 3 is 2.60 bits per heavy atom. The van der Waals surface area contributed by atoms with E-state index >= 15 is 0 Å². The first kappa shape index (κ1) is 14.4. The van der Waals surface area contributed by atoms with Gasteiger partial charge in [-0.1, -0.05) is 23.9 Å². The number of nitrogens with zero attached hydrogens (tertiary/aromatic N) is 3. The summed E-state index contributed by atoms with van der Waals surface area (Å²) in [5.74, 6) is 5.51. The van der Waals surface area contributed by atoms with Crippen molar-refractivity contribution in [3.63, 3.8) is 0 Å². The van der Waals surface area contributed by atoms with Gasteiger partial charge in [0.15, 0.2) is 5.69 Å². The lowest BCUT2D eigenvalue weighted by molar-refractivity contribution is -0.137. The summed E-state index contributed by atoms with van der Waals surface area (Å²) in [6.45, 7) is 0. The molecule has 0 fully saturated rings. The molecule has 2 N–H and O–H groups in total. The first-order valence-corrected chi connectivity index (χ1v) is 6.53. The second-order valence-electron chi connectivity index (χ2n) is 3.79. The summed E-state index contributed by atoms with van der Waals surface area (Å²) < 4.78 is 38.7. The van der Waals surface area contributed by atoms with Crippen molar-refractivity contribution < 1.29 is 13.2 Å². The van der Waals surface area contributed by atoms with Gasteiger partial charge in [0.2, 0.25) is 5.16 Å². The highest BCUT2D eigenvalue weighted by atomic mass is 32.2. The Balaban J connectivity index is 2.58. The molecule has 0 saturated carbocycles. The van der Waals surface area contributed by atoms with Crippen LogP contribution in [0.25, 0.3) is 11.3 Å². The van der Waals surface area contributed by atoms with Gasteiger partial charge in [-0.2, -0.15) is 17.8 Å². The maximum Gasteiger partial charge on any atom is 0.416 e. The van der Waals surface area contributed by atoms with E-state index in [1.807, 2.05) is 0 Å². The topological polar surface area (TPSA) is 73.8 Å². The molecule has 0 spiro atoms. The van der Waals surface area contributed by atoms with Gasteiger partial charge in [-0.05, 0) is 18.4 Å². The van der Waals surface area contributed by atoms with Crippen LogP contribution in [0.5, 0.6) is 0 Å². The van der Waals surface area contributed by atoms with Crippen molar-refractivity contribution in [2.24, 2.45) is 0 Å². The van der Waals surface area contributed by atoms with Crippen molar-refractivity contribution in [2.45, 2.75) is 11.3 Å². The summed E-state index contributed by atoms with van der Waals surface area (Å²) in [6, 6.07) is 4.29. The normalized spacial score (nSPS) is 11.6. The number of alkyl halides is 3. The van der Waals surface area contributed by atoms with Gasteiger partial charge in [0, 0.05) is 5.56 Å². The van der Waals surface area contributed by atoms with Crippen molar-refractivity contribution in [3.05, 3.63) is 40.2 Å². The predicted octanol–water partition coefficient (Wildman–Crippen LogP) is 1.76. The molecule has 5 nitrogen and oxygen atoms in total. The number of thioether (sulfide) groups is 1. The lowest BCUT2D eigenvalue weighted by Gasteiger charge is -2.09. The average molecular weight is 302 g/mol. The zero-order chi connectivity index (χ0) is 14.9. The fourth-order valence-corrected chi connectivity index (χ4v) is 1.95. The van der Waals surface area contributed by atoms with Crippen LogP contribution in [0.15, 0.2) is 34.2 Å². The Hall–Kier alpha value is -2.03. The molecule has 0 aliphatic rings. The number of rotatable bonds is 2. The van der Waals surface area contributed by atoms with Crippen LogP contribution >= 0.6 is 11.8 Å². The fraction of sp³-hybridized carbons (Fsp3) is 0.182. The molecule has 0 aliphatic heterocycles. The molecule has 0 bridgehead atoms. The minimum Gasteiger partial charge on any atom is -0.334 e. The number of hydrogen-bond donors (Lipinski definition) is 1. The molecule has 2 aromatic rings. The van der Waals surface area contributed by atoms with Crippen molar-refractivity contribution >= 4 is 11.8 Å². The molecule has 0 radical (unpaired) electrons. The predicted molar refractivity (Wildman–Crippen MR) is 68.7 cm³/mol. The van der Waals surface area contributed by atoms with Gasteiger partial charge in [0.05, 0.1) is 5.56 Å². The molecule has 0 unspecified atom stereocenters. The molecule has 106 valence electrons. The van der Waals surface area contributed by atoms with Gasteiger partial charge < -0.3 is 5.84 Å². The van der Waals surface area contributed by atoms with E-state index in [9.17, 15) is 18.0 Å². The third kappa shape index (κ3) is 2.62. The van der Waals surface area contributed by atoms with Crippen LogP contribution in [-0.4, -0.2) is 21.1 Å². The molecular weight excluding hydrogens is 293 g/mol. The highest BCUT2D eigenvalue weighted by Crippen LogP contribution is 2.31. The monoisotopic (exact) mass is 302 g/mol. The van der Waals surface area contributed by atoms with E-state index in [1.165, 1.54) is 12.1 Å². The Bertz CT molecular complexity index is 699. The van der Waals surface area contributed by atoms with Gasteiger partial charge in [0.25, 0.3) is 5.56 Å². The maximum absolute atomic E-state index is 12.6. The van der Waals surface area contributed by atoms with Crippen LogP contribution in [0.2, 0.25) is 0 Å². The van der Waals surface area contributed by atoms with E-state index in [0.29, 0.717) is 0 Å². The Kier molecular flexibility index (Phi) is 3.71. The molecule has 1 aromatic heterocycles. The Morgan fingerprint density at radius 1 is 1.30 bits per heavy atom. The molecule has 9 heteroatoms. The summed E-state index contributed by atoms with van der Waals surface area (Å²) in [5, 5.41) is 7.52. The van der Waals surface area contributed by atoms with E-state index in [1.54, 1.807) is 6.26 Å². The highest BCUT2D eigenvalue weighted by molar-refractivity contribution is 7.98. The van der Waals surface area contributed by atoms with Gasteiger partial charge in [0.1, 0.15) is 0 Å². The number of aromatic nitrogens is 3. The first-order chi connectivity index (χ1) is 9.34. The quantitative estimate of drug-likeness (QED) is 0.676. The second kappa shape index (κ2) is 5.16. The van der Waals surface area contributed by atoms with Crippen LogP contribution in [0.1, 0.15) is 5.56 Å². The zero-order valence-corrected chi connectivity index (χ0v) is 11.0. The first-order valence-electron chi connectivity index (χ1n) is 5.31. The Morgan fingerprint density at radius 2 is 2.00 bits per heavy atom. The van der Waals surface area contributed by atoms with Gasteiger partial charge in [-0.25, -0.2) is 0 Å². The minimum absolute atomic E-state index is 0.0178. The molecule has 1 heterocycles. The van der Waals surface area contributed by atoms with E-state index < -0.39 is 17.3 Å². The van der Waals surface area contributed by atoms with Gasteiger partial charge in [-0.3, -0.25) is 4.79 Å². The maximum atomic E-state index is 12.6. The fourth-order valence-electron chi connectivity index (χ4n) is 1.55. The lowest BCUT2D eigenvalue weighted by atomic mass is 10.1. The molecule has 0 amide bonds. The minimum atomic E-state index is -4.50. The van der Waals surface area contributed by atoms with Crippen LogP contribution in [0.3, 0.4) is 0 Å². The number of benzene rings is 1. The van der Waals surface area contributed by atoms with Crippen molar-refractivity contribution in [2.75, 3.05) is 12.1 Å². The molecule has 1 aromatic carbocycles. The third-order valence-electron chi connectivity index (χ3n) is 2.51. The summed E-state index contributed by atoms with van der Waals surface area (Å²) in [5.41, 5.74) is -1.78. The molecule has 0 aliphatic carbocycles. The van der Waals surface area contributed by atoms with Gasteiger partial charge >= 0.3 is 6.18 Å². The summed E-state index contributed by atoms with van der Waals surface area (Å²) >= 11 is 1.11. The number of nitrogen functional groups attached to an aromatic ring is 1. The molecular formula is C11H9F3N4OS. The Labute approximate surface area is 115 Å². The van der Waals surface area contributed by atoms with E-state index in [-0.39, 0.29) is 16.4 Å². The van der Waals surface area contributed by atoms with Crippen molar-refractivity contribution in [3.8, 4) is 11.3 Å². The van der Waals surface area contributed by atoms with Gasteiger partial charge in [-0.15, -0.1) is 10.2 Å². The summed E-state index contributed by atoms with van der Waals surface area (Å²) in [7, 11) is 0. The van der Waals surface area contributed by atoms with Crippen LogP contribution < -0.4 is 11.4 Å². The average Bonchev–Trinajstić information content (AvgIpc) is 2.41. The third-order valence-corrected chi connectivity index (χ3v) is 3.15. The van der Waals surface area contributed by atoms with Crippen molar-refractivity contribution in [1.29, 1.82) is 0 Å². The summed E-state index contributed by atoms with van der Waals surface area (Å²) in [4.78, 5) is 12.0. The van der Waals surface area contributed by atoms with E-state index in [0.717, 1.165) is 28.6 Å². The summed E-state index contributed by atoms with van der Waals surface area (Å²) in [6.07, 6.45) is -2.85. The van der Waals surface area contributed by atoms with E-state index in [4.69, 9.17) is 5.84 Å². The van der Waals surface area contributed by atoms with Crippen LogP contribution in [0.4, 0.5) is 13.2 Å². The zero-order valence-electron chi connectivity index (χ0n) is 10.2. The molecule has 20 heavy (non-hydrogen) atoms. The number of hydrogen-bond acceptors (Lipinski definition) is 5. The number of halogens is 3. The lowest BCUT2D eigenvalue weighted by Crippen LogP contribution is -2.31. The number of nitrogens with two attached hydrogens (primary N) is 1. The second-order valence-corrected chi connectivity index (χ2v) is 4.56. The SMILES string of the molecule is CSc1nnc(-c2cccc(C(F)(F)F)c2)c(=O)n1N. The smallest absolute Gasteiger partial charge is 0.334 e. The van der Waals surface area contributed by atoms with E-state index in [2.05, 4.69) is 10.2 Å². The van der Waals surface area contributed by atoms with Crippen LogP contribution in [0, 0.1) is 0 Å². The highest BCUT2D eigenvalue weighted by Gasteiger charge is 2.30. The van der Waals surface area contributed by atoms with Crippen molar-refractivity contribution in [1.82, 2.24) is 14.9 Å². The molecule has 2 rings (SSSR count). The standard InChI is InChI=1S/C11H9F3N4OS/c1-20-10-17-16-8(9(19)18(10)15)6-3-2-4-7(5-6)11(12,13)14/h2-5H,15H2,1H3.